The molecular formula is C15H14N4O4. The molecule has 0 aliphatic heterocycles. The maximum absolute atomic E-state index is 11.4. The first kappa shape index (κ1) is 17.7. The topological polar surface area (TPSA) is 120 Å². The van der Waals surface area contributed by atoms with Gasteiger partial charge in [0.05, 0.1) is 35.3 Å². The molecule has 0 amide bonds. The highest BCUT2D eigenvalue weighted by Gasteiger charge is 2.14. The third-order valence-electron chi connectivity index (χ3n) is 2.73. The number of hydrogen-bond acceptors (Lipinski definition) is 7. The average molecular weight is 314 g/mol. The number of hydrogen-bond donors (Lipinski definition) is 0. The van der Waals surface area contributed by atoms with E-state index < -0.39 is 10.9 Å². The van der Waals surface area contributed by atoms with Crippen LogP contribution in [0.3, 0.4) is 0 Å². The minimum Gasteiger partial charge on any atom is -0.465 e. The summed E-state index contributed by atoms with van der Waals surface area (Å²) < 4.78 is 4.73. The van der Waals surface area contributed by atoms with Gasteiger partial charge in [-0.1, -0.05) is 12.1 Å². The van der Waals surface area contributed by atoms with Gasteiger partial charge in [-0.2, -0.15) is 10.5 Å². The van der Waals surface area contributed by atoms with Gasteiger partial charge in [-0.25, -0.2) is 0 Å². The van der Waals surface area contributed by atoms with Crippen molar-refractivity contribution in [2.75, 3.05) is 19.7 Å². The standard InChI is InChI=1S/C15H14N4O4/c1-2-23-15(20)10-18(11-17)9-12(8-16)7-13-5-3-4-6-14(13)19(21)22/h3-7H,2,9-10H2,1H3/b12-7+. The van der Waals surface area contributed by atoms with Gasteiger partial charge in [-0.15, -0.1) is 0 Å². The summed E-state index contributed by atoms with van der Waals surface area (Å²) in [6, 6.07) is 7.82. The van der Waals surface area contributed by atoms with Crippen LogP contribution in [0.15, 0.2) is 29.8 Å². The Kier molecular flexibility index (Phi) is 6.76. The van der Waals surface area contributed by atoms with Crippen molar-refractivity contribution in [2.24, 2.45) is 0 Å². The van der Waals surface area contributed by atoms with Gasteiger partial charge in [0.25, 0.3) is 5.69 Å². The Labute approximate surface area is 132 Å². The molecule has 8 nitrogen and oxygen atoms in total. The Morgan fingerprint density at radius 2 is 2.09 bits per heavy atom. The fraction of sp³-hybridized carbons (Fsp3) is 0.267. The van der Waals surface area contributed by atoms with E-state index >= 15 is 0 Å². The van der Waals surface area contributed by atoms with Gasteiger partial charge >= 0.3 is 5.97 Å². The number of para-hydroxylation sites is 1. The molecule has 0 bridgehead atoms. The van der Waals surface area contributed by atoms with Crippen LogP contribution in [-0.2, 0) is 9.53 Å². The lowest BCUT2D eigenvalue weighted by Crippen LogP contribution is -2.28. The lowest BCUT2D eigenvalue weighted by atomic mass is 10.1. The van der Waals surface area contributed by atoms with Crippen LogP contribution in [0.25, 0.3) is 6.08 Å². The van der Waals surface area contributed by atoms with Crippen LogP contribution in [0.1, 0.15) is 12.5 Å². The summed E-state index contributed by atoms with van der Waals surface area (Å²) in [6.45, 7) is 1.40. The number of nitrogens with zero attached hydrogens (tertiary/aromatic N) is 4. The molecule has 8 heteroatoms. The zero-order valence-corrected chi connectivity index (χ0v) is 12.4. The van der Waals surface area contributed by atoms with Crippen LogP contribution in [0.5, 0.6) is 0 Å². The highest BCUT2D eigenvalue weighted by atomic mass is 16.6. The second-order valence-corrected chi connectivity index (χ2v) is 4.36. The SMILES string of the molecule is CCOC(=O)CN(C#N)C/C(C#N)=C/c1ccccc1[N+](=O)[O-]. The second-order valence-electron chi connectivity index (χ2n) is 4.36. The van der Waals surface area contributed by atoms with Crippen LogP contribution < -0.4 is 0 Å². The summed E-state index contributed by atoms with van der Waals surface area (Å²) in [7, 11) is 0. The first-order chi connectivity index (χ1) is 11.0. The van der Waals surface area contributed by atoms with Gasteiger partial charge in [-0.05, 0) is 19.1 Å². The Bertz CT molecular complexity index is 700. The van der Waals surface area contributed by atoms with E-state index in [-0.39, 0.29) is 36.5 Å². The van der Waals surface area contributed by atoms with E-state index in [2.05, 4.69) is 0 Å². The summed E-state index contributed by atoms with van der Waals surface area (Å²) in [5.74, 6) is -0.586. The highest BCUT2D eigenvalue weighted by Crippen LogP contribution is 2.20. The third-order valence-corrected chi connectivity index (χ3v) is 2.73. The molecule has 1 rings (SSSR count). The molecule has 0 saturated carbocycles. The van der Waals surface area contributed by atoms with E-state index in [9.17, 15) is 14.9 Å². The number of nitriles is 2. The number of nitro groups is 1. The Morgan fingerprint density at radius 1 is 1.39 bits per heavy atom. The van der Waals surface area contributed by atoms with Crippen LogP contribution in [0, 0.1) is 32.9 Å². The van der Waals surface area contributed by atoms with Crippen molar-refractivity contribution < 1.29 is 14.5 Å². The van der Waals surface area contributed by atoms with Crippen molar-refractivity contribution >= 4 is 17.7 Å². The van der Waals surface area contributed by atoms with Gasteiger partial charge < -0.3 is 4.74 Å². The average Bonchev–Trinajstić information content (AvgIpc) is 2.53. The molecule has 0 aliphatic rings. The van der Waals surface area contributed by atoms with Crippen molar-refractivity contribution in [2.45, 2.75) is 6.92 Å². The minimum absolute atomic E-state index is 0.116. The normalized spacial score (nSPS) is 10.3. The van der Waals surface area contributed by atoms with Gasteiger partial charge in [-0.3, -0.25) is 19.8 Å². The zero-order chi connectivity index (χ0) is 17.2. The van der Waals surface area contributed by atoms with E-state index in [1.54, 1.807) is 19.2 Å². The number of nitro benzene ring substituents is 1. The van der Waals surface area contributed by atoms with Gasteiger partial charge in [0.2, 0.25) is 0 Å². The van der Waals surface area contributed by atoms with Crippen molar-refractivity contribution in [1.29, 1.82) is 10.5 Å². The molecule has 1 aromatic carbocycles. The fourth-order valence-electron chi connectivity index (χ4n) is 1.77. The smallest absolute Gasteiger partial charge is 0.326 e. The summed E-state index contributed by atoms with van der Waals surface area (Å²) in [4.78, 5) is 22.8. The predicted octanol–water partition coefficient (Wildman–Crippen LogP) is 1.85. The summed E-state index contributed by atoms with van der Waals surface area (Å²) in [5, 5.41) is 29.1. The van der Waals surface area contributed by atoms with Gasteiger partial charge in [0.1, 0.15) is 6.54 Å². The monoisotopic (exact) mass is 314 g/mol. The number of benzene rings is 1. The van der Waals surface area contributed by atoms with Crippen LogP contribution in [0.4, 0.5) is 5.69 Å². The number of carbonyl (C=O) groups is 1. The van der Waals surface area contributed by atoms with Crippen LogP contribution >= 0.6 is 0 Å². The van der Waals surface area contributed by atoms with Crippen LogP contribution in [0.2, 0.25) is 0 Å². The molecule has 23 heavy (non-hydrogen) atoms. The van der Waals surface area contributed by atoms with Crippen molar-refractivity contribution in [3.05, 3.63) is 45.5 Å². The lowest BCUT2D eigenvalue weighted by Gasteiger charge is -2.13. The number of ether oxygens (including phenoxy) is 1. The molecule has 0 unspecified atom stereocenters. The van der Waals surface area contributed by atoms with E-state index in [1.807, 2.05) is 6.07 Å². The largest absolute Gasteiger partial charge is 0.465 e. The Balaban J connectivity index is 2.96. The zero-order valence-electron chi connectivity index (χ0n) is 12.4. The highest BCUT2D eigenvalue weighted by molar-refractivity contribution is 5.72. The van der Waals surface area contributed by atoms with Crippen molar-refractivity contribution in [3.8, 4) is 12.3 Å². The molecule has 0 aliphatic carbocycles. The van der Waals surface area contributed by atoms with E-state index in [0.717, 1.165) is 4.90 Å². The van der Waals surface area contributed by atoms with Crippen LogP contribution in [-0.4, -0.2) is 35.5 Å². The lowest BCUT2D eigenvalue weighted by molar-refractivity contribution is -0.385. The molecule has 118 valence electrons. The summed E-state index contributed by atoms with van der Waals surface area (Å²) in [5.41, 5.74) is 0.224. The molecule has 0 saturated heterocycles. The molecule has 0 aromatic heterocycles. The molecule has 0 N–H and O–H groups in total. The molecule has 0 heterocycles. The van der Waals surface area contributed by atoms with E-state index in [0.29, 0.717) is 0 Å². The van der Waals surface area contributed by atoms with Gasteiger partial charge in [0.15, 0.2) is 6.19 Å². The maximum atomic E-state index is 11.4. The molecule has 0 fully saturated rings. The first-order valence-electron chi connectivity index (χ1n) is 6.66. The molecular weight excluding hydrogens is 300 g/mol. The van der Waals surface area contributed by atoms with Gasteiger partial charge in [0, 0.05) is 6.07 Å². The predicted molar refractivity (Wildman–Crippen MR) is 80.5 cm³/mol. The van der Waals surface area contributed by atoms with E-state index in [1.165, 1.54) is 24.3 Å². The van der Waals surface area contributed by atoms with Crippen molar-refractivity contribution in [3.63, 3.8) is 0 Å². The molecule has 0 radical (unpaired) electrons. The Hall–Kier alpha value is -3.39. The number of esters is 1. The minimum atomic E-state index is -0.586. The summed E-state index contributed by atoms with van der Waals surface area (Å²) >= 11 is 0. The third kappa shape index (κ3) is 5.48. The van der Waals surface area contributed by atoms with E-state index in [4.69, 9.17) is 15.3 Å². The number of carbonyl (C=O) groups excluding carboxylic acids is 1. The molecule has 0 atom stereocenters. The second kappa shape index (κ2) is 8.80. The Morgan fingerprint density at radius 3 is 2.65 bits per heavy atom. The summed E-state index contributed by atoms with van der Waals surface area (Å²) in [6.07, 6.45) is 3.11. The molecule has 1 aromatic rings. The number of rotatable bonds is 7. The molecule has 0 spiro atoms. The maximum Gasteiger partial charge on any atom is 0.326 e. The quantitative estimate of drug-likeness (QED) is 0.188. The first-order valence-corrected chi connectivity index (χ1v) is 6.66. The van der Waals surface area contributed by atoms with Crippen molar-refractivity contribution in [1.82, 2.24) is 4.90 Å². The fourth-order valence-corrected chi connectivity index (χ4v) is 1.77.